The Labute approximate surface area is 189 Å². The average molecular weight is 459 g/mol. The van der Waals surface area contributed by atoms with Gasteiger partial charge in [0.25, 0.3) is 0 Å². The summed E-state index contributed by atoms with van der Waals surface area (Å²) in [7, 11) is 2.95. The molecule has 0 aliphatic heterocycles. The van der Waals surface area contributed by atoms with E-state index in [4.69, 9.17) is 4.74 Å². The van der Waals surface area contributed by atoms with Gasteiger partial charge in [-0.1, -0.05) is 19.1 Å². The molecular formula is C23H30N4O4S. The number of nitrogens with zero attached hydrogens (tertiary/aromatic N) is 3. The molecule has 3 rings (SSSR count). The van der Waals surface area contributed by atoms with E-state index in [1.807, 2.05) is 42.8 Å². The van der Waals surface area contributed by atoms with E-state index in [9.17, 15) is 13.2 Å². The standard InChI is InChI=1S/C23H30N4O4S/c1-6-19(16-7-9-17(31-5)10-8-16)25-23(28)14-13-22-24-20-15-18(32(29,30)26(2)3)11-12-21(20)27(22)4/h7-12,15,19H,6,13-14H2,1-5H3,(H,25,28). The van der Waals surface area contributed by atoms with Gasteiger partial charge in [-0.2, -0.15) is 0 Å². The third kappa shape index (κ3) is 4.94. The molecule has 0 spiro atoms. The minimum Gasteiger partial charge on any atom is -0.497 e. The van der Waals surface area contributed by atoms with Crippen LogP contribution in [-0.2, 0) is 28.3 Å². The number of aromatic nitrogens is 2. The molecule has 1 aromatic heterocycles. The number of amides is 1. The third-order valence-corrected chi connectivity index (χ3v) is 7.37. The quantitative estimate of drug-likeness (QED) is 0.532. The van der Waals surface area contributed by atoms with Crippen molar-refractivity contribution in [3.05, 3.63) is 53.9 Å². The van der Waals surface area contributed by atoms with Gasteiger partial charge in [-0.15, -0.1) is 0 Å². The second-order valence-electron chi connectivity index (χ2n) is 7.83. The minimum absolute atomic E-state index is 0.0596. The van der Waals surface area contributed by atoms with Crippen LogP contribution in [0.4, 0.5) is 0 Å². The van der Waals surface area contributed by atoms with Gasteiger partial charge in [0.15, 0.2) is 0 Å². The molecule has 1 amide bonds. The molecule has 1 N–H and O–H groups in total. The zero-order valence-corrected chi connectivity index (χ0v) is 19.9. The molecule has 32 heavy (non-hydrogen) atoms. The van der Waals surface area contributed by atoms with Gasteiger partial charge in [-0.25, -0.2) is 17.7 Å². The van der Waals surface area contributed by atoms with Crippen molar-refractivity contribution in [3.8, 4) is 5.75 Å². The number of fused-ring (bicyclic) bond motifs is 1. The monoisotopic (exact) mass is 458 g/mol. The molecular weight excluding hydrogens is 428 g/mol. The highest BCUT2D eigenvalue weighted by atomic mass is 32.2. The molecule has 9 heteroatoms. The Hall–Kier alpha value is -2.91. The predicted molar refractivity (Wildman–Crippen MR) is 124 cm³/mol. The fourth-order valence-electron chi connectivity index (χ4n) is 3.57. The van der Waals surface area contributed by atoms with E-state index in [2.05, 4.69) is 10.3 Å². The first-order valence-corrected chi connectivity index (χ1v) is 11.9. The van der Waals surface area contributed by atoms with E-state index in [0.29, 0.717) is 11.9 Å². The Kier molecular flexibility index (Phi) is 7.20. The number of imidazole rings is 1. The molecule has 1 heterocycles. The summed E-state index contributed by atoms with van der Waals surface area (Å²) in [5, 5.41) is 3.08. The van der Waals surface area contributed by atoms with Crippen molar-refractivity contribution in [3.63, 3.8) is 0 Å². The van der Waals surface area contributed by atoms with Crippen LogP contribution in [0.25, 0.3) is 11.0 Å². The summed E-state index contributed by atoms with van der Waals surface area (Å²) in [6, 6.07) is 12.5. The molecule has 8 nitrogen and oxygen atoms in total. The van der Waals surface area contributed by atoms with Crippen molar-refractivity contribution < 1.29 is 17.9 Å². The molecule has 172 valence electrons. The molecule has 0 aliphatic carbocycles. The van der Waals surface area contributed by atoms with Crippen LogP contribution >= 0.6 is 0 Å². The SMILES string of the molecule is CCC(NC(=O)CCc1nc2cc(S(=O)(=O)N(C)C)ccc2n1C)c1ccc(OC)cc1. The summed E-state index contributed by atoms with van der Waals surface area (Å²) in [5.41, 5.74) is 2.44. The van der Waals surface area contributed by atoms with Crippen LogP contribution in [0, 0.1) is 0 Å². The summed E-state index contributed by atoms with van der Waals surface area (Å²) in [6.07, 6.45) is 1.51. The largest absolute Gasteiger partial charge is 0.497 e. The lowest BCUT2D eigenvalue weighted by Crippen LogP contribution is -2.28. The van der Waals surface area contributed by atoms with Gasteiger partial charge in [0.05, 0.1) is 29.1 Å². The number of carbonyl (C=O) groups is 1. The number of methoxy groups -OCH3 is 1. The highest BCUT2D eigenvalue weighted by Crippen LogP contribution is 2.23. The first-order valence-electron chi connectivity index (χ1n) is 10.5. The van der Waals surface area contributed by atoms with Crippen LogP contribution in [0.5, 0.6) is 5.75 Å². The molecule has 3 aromatic rings. The Morgan fingerprint density at radius 3 is 2.47 bits per heavy atom. The second-order valence-corrected chi connectivity index (χ2v) is 9.98. The smallest absolute Gasteiger partial charge is 0.242 e. The minimum atomic E-state index is -3.53. The van der Waals surface area contributed by atoms with Crippen LogP contribution in [-0.4, -0.2) is 49.4 Å². The number of hydrogen-bond donors (Lipinski definition) is 1. The van der Waals surface area contributed by atoms with Gasteiger partial charge in [0.1, 0.15) is 11.6 Å². The van der Waals surface area contributed by atoms with Crippen molar-refractivity contribution >= 4 is 27.0 Å². The Bertz CT molecular complexity index is 1200. The zero-order valence-electron chi connectivity index (χ0n) is 19.1. The fourth-order valence-corrected chi connectivity index (χ4v) is 4.50. The summed E-state index contributed by atoms with van der Waals surface area (Å²) < 4.78 is 33.1. The van der Waals surface area contributed by atoms with Crippen molar-refractivity contribution in [1.29, 1.82) is 0 Å². The number of rotatable bonds is 9. The first kappa shape index (κ1) is 23.7. The lowest BCUT2D eigenvalue weighted by molar-refractivity contribution is -0.121. The van der Waals surface area contributed by atoms with Crippen LogP contribution in [0.15, 0.2) is 47.4 Å². The molecule has 2 aromatic carbocycles. The maximum atomic E-state index is 12.6. The van der Waals surface area contributed by atoms with Gasteiger partial charge in [-0.05, 0) is 42.3 Å². The van der Waals surface area contributed by atoms with Crippen molar-refractivity contribution in [1.82, 2.24) is 19.2 Å². The molecule has 0 radical (unpaired) electrons. The number of carbonyl (C=O) groups excluding carboxylic acids is 1. The molecule has 0 saturated carbocycles. The maximum Gasteiger partial charge on any atom is 0.242 e. The molecule has 0 aliphatic rings. The van der Waals surface area contributed by atoms with Gasteiger partial charge in [-0.3, -0.25) is 4.79 Å². The number of nitrogens with one attached hydrogen (secondary N) is 1. The predicted octanol–water partition coefficient (Wildman–Crippen LogP) is 3.03. The molecule has 1 unspecified atom stereocenters. The lowest BCUT2D eigenvalue weighted by atomic mass is 10.0. The number of benzene rings is 2. The first-order chi connectivity index (χ1) is 15.2. The van der Waals surface area contributed by atoms with E-state index in [-0.39, 0.29) is 23.3 Å². The van der Waals surface area contributed by atoms with Crippen LogP contribution in [0.2, 0.25) is 0 Å². The number of sulfonamides is 1. The number of ether oxygens (including phenoxy) is 1. The van der Waals surface area contributed by atoms with E-state index in [0.717, 1.165) is 29.1 Å². The number of aryl methyl sites for hydroxylation is 2. The fraction of sp³-hybridized carbons (Fsp3) is 0.391. The van der Waals surface area contributed by atoms with Gasteiger partial charge < -0.3 is 14.6 Å². The van der Waals surface area contributed by atoms with E-state index < -0.39 is 10.0 Å². The topological polar surface area (TPSA) is 93.5 Å². The molecule has 0 fully saturated rings. The Balaban J connectivity index is 1.70. The van der Waals surface area contributed by atoms with Crippen molar-refractivity contribution in [2.75, 3.05) is 21.2 Å². The second kappa shape index (κ2) is 9.70. The normalized spacial score (nSPS) is 12.8. The van der Waals surface area contributed by atoms with Crippen LogP contribution in [0.1, 0.15) is 37.2 Å². The number of hydrogen-bond acceptors (Lipinski definition) is 5. The lowest BCUT2D eigenvalue weighted by Gasteiger charge is -2.18. The summed E-state index contributed by atoms with van der Waals surface area (Å²) >= 11 is 0. The molecule has 0 saturated heterocycles. The van der Waals surface area contributed by atoms with E-state index >= 15 is 0 Å². The Morgan fingerprint density at radius 1 is 1.19 bits per heavy atom. The van der Waals surface area contributed by atoms with Gasteiger partial charge in [0, 0.05) is 34.0 Å². The summed E-state index contributed by atoms with van der Waals surface area (Å²) in [5.74, 6) is 1.45. The Morgan fingerprint density at radius 2 is 1.88 bits per heavy atom. The molecule has 1 atom stereocenters. The zero-order chi connectivity index (χ0) is 23.5. The van der Waals surface area contributed by atoms with Crippen LogP contribution < -0.4 is 10.1 Å². The average Bonchev–Trinajstić information content (AvgIpc) is 3.11. The highest BCUT2D eigenvalue weighted by molar-refractivity contribution is 7.89. The van der Waals surface area contributed by atoms with Crippen molar-refractivity contribution in [2.45, 2.75) is 37.1 Å². The summed E-state index contributed by atoms with van der Waals surface area (Å²) in [6.45, 7) is 2.03. The highest BCUT2D eigenvalue weighted by Gasteiger charge is 2.19. The van der Waals surface area contributed by atoms with Crippen LogP contribution in [0.3, 0.4) is 0 Å². The third-order valence-electron chi connectivity index (χ3n) is 5.56. The molecule has 0 bridgehead atoms. The maximum absolute atomic E-state index is 12.6. The summed E-state index contributed by atoms with van der Waals surface area (Å²) in [4.78, 5) is 17.4. The van der Waals surface area contributed by atoms with E-state index in [1.165, 1.54) is 18.4 Å². The van der Waals surface area contributed by atoms with Crippen molar-refractivity contribution in [2.24, 2.45) is 7.05 Å². The van der Waals surface area contributed by atoms with Gasteiger partial charge in [0.2, 0.25) is 15.9 Å². The van der Waals surface area contributed by atoms with E-state index in [1.54, 1.807) is 25.3 Å². The van der Waals surface area contributed by atoms with Gasteiger partial charge >= 0.3 is 0 Å².